The Hall–Kier alpha value is -3.35. The first kappa shape index (κ1) is 21.0. The summed E-state index contributed by atoms with van der Waals surface area (Å²) in [5.41, 5.74) is 1.65. The molecule has 2 rings (SSSR count). The molecule has 0 bridgehead atoms. The van der Waals surface area contributed by atoms with Gasteiger partial charge in [-0.3, -0.25) is 4.79 Å². The van der Waals surface area contributed by atoms with E-state index in [0.717, 1.165) is 11.1 Å². The van der Waals surface area contributed by atoms with Crippen molar-refractivity contribution in [3.05, 3.63) is 71.3 Å². The molecule has 7 heteroatoms. The first-order chi connectivity index (χ1) is 13.4. The molecule has 0 aliphatic heterocycles. The molecule has 0 unspecified atom stereocenters. The van der Waals surface area contributed by atoms with Crippen molar-refractivity contribution in [3.8, 4) is 0 Å². The first-order valence-electron chi connectivity index (χ1n) is 8.92. The van der Waals surface area contributed by atoms with Crippen molar-refractivity contribution < 1.29 is 24.2 Å². The lowest BCUT2D eigenvalue weighted by Gasteiger charge is -2.21. The van der Waals surface area contributed by atoms with Crippen molar-refractivity contribution in [2.45, 2.75) is 33.0 Å². The second kappa shape index (κ2) is 10.1. The van der Waals surface area contributed by atoms with Gasteiger partial charge in [0.2, 0.25) is 5.91 Å². The Kier molecular flexibility index (Phi) is 7.56. The third-order valence-corrected chi connectivity index (χ3v) is 4.09. The maximum atomic E-state index is 12.5. The number of aromatic carboxylic acids is 1. The summed E-state index contributed by atoms with van der Waals surface area (Å²) in [6, 6.07) is 14.5. The third kappa shape index (κ3) is 6.42. The molecule has 0 aromatic heterocycles. The fourth-order valence-electron chi connectivity index (χ4n) is 2.48. The zero-order valence-corrected chi connectivity index (χ0v) is 15.8. The molecule has 0 aliphatic carbocycles. The van der Waals surface area contributed by atoms with E-state index in [1.54, 1.807) is 12.1 Å². The Labute approximate surface area is 163 Å². The normalized spacial score (nSPS) is 11.5. The molecule has 0 saturated carbocycles. The number of ether oxygens (including phenoxy) is 1. The van der Waals surface area contributed by atoms with Crippen molar-refractivity contribution >= 4 is 18.0 Å². The van der Waals surface area contributed by atoms with Gasteiger partial charge < -0.3 is 25.3 Å². The fraction of sp³-hybridized carbons (Fsp3) is 0.286. The Bertz CT molecular complexity index is 803. The van der Waals surface area contributed by atoms with Crippen molar-refractivity contribution in [1.29, 1.82) is 0 Å². The van der Waals surface area contributed by atoms with E-state index in [-0.39, 0.29) is 30.5 Å². The third-order valence-electron chi connectivity index (χ3n) is 4.09. The van der Waals surface area contributed by atoms with Crippen molar-refractivity contribution in [3.63, 3.8) is 0 Å². The zero-order valence-electron chi connectivity index (χ0n) is 15.8. The number of hydrogen-bond acceptors (Lipinski definition) is 5. The van der Waals surface area contributed by atoms with E-state index in [4.69, 9.17) is 4.74 Å². The van der Waals surface area contributed by atoms with E-state index in [0.29, 0.717) is 0 Å². The summed E-state index contributed by atoms with van der Waals surface area (Å²) in [6.07, 6.45) is -0.670. The van der Waals surface area contributed by atoms with Crippen LogP contribution < -0.4 is 15.7 Å². The summed E-state index contributed by atoms with van der Waals surface area (Å²) in [7, 11) is 0. The second-order valence-electron chi connectivity index (χ2n) is 6.63. The highest BCUT2D eigenvalue weighted by Gasteiger charge is 2.24. The maximum absolute atomic E-state index is 12.5. The molecule has 2 N–H and O–H groups in total. The summed E-state index contributed by atoms with van der Waals surface area (Å²) in [4.78, 5) is 35.3. The van der Waals surface area contributed by atoms with Crippen LogP contribution in [-0.4, -0.2) is 24.0 Å². The van der Waals surface area contributed by atoms with Gasteiger partial charge in [0.05, 0.1) is 5.97 Å². The average molecular weight is 383 g/mol. The summed E-state index contributed by atoms with van der Waals surface area (Å²) in [5.74, 6) is -1.76. The average Bonchev–Trinajstić information content (AvgIpc) is 2.69. The van der Waals surface area contributed by atoms with Gasteiger partial charge in [-0.1, -0.05) is 68.4 Å². The van der Waals surface area contributed by atoms with Crippen LogP contribution in [0.2, 0.25) is 0 Å². The molecular formula is C21H23N2O5-. The molecule has 0 saturated heterocycles. The number of rotatable bonds is 8. The van der Waals surface area contributed by atoms with Crippen LogP contribution >= 0.6 is 0 Å². The van der Waals surface area contributed by atoms with Crippen LogP contribution in [0, 0.1) is 5.92 Å². The lowest BCUT2D eigenvalue weighted by atomic mass is 10.0. The van der Waals surface area contributed by atoms with Crippen LogP contribution in [0.4, 0.5) is 4.79 Å². The topological polar surface area (TPSA) is 108 Å². The van der Waals surface area contributed by atoms with Gasteiger partial charge >= 0.3 is 6.09 Å². The number of benzene rings is 2. The largest absolute Gasteiger partial charge is 0.545 e. The number of alkyl carbamates (subject to hydrolysis) is 1. The van der Waals surface area contributed by atoms with Crippen LogP contribution in [-0.2, 0) is 22.7 Å². The molecule has 0 spiro atoms. The highest BCUT2D eigenvalue weighted by atomic mass is 16.5. The molecule has 2 aromatic carbocycles. The Balaban J connectivity index is 1.86. The van der Waals surface area contributed by atoms with Gasteiger partial charge in [-0.05, 0) is 22.6 Å². The molecule has 0 aliphatic rings. The fourth-order valence-corrected chi connectivity index (χ4v) is 2.48. The second-order valence-corrected chi connectivity index (χ2v) is 6.63. The molecule has 28 heavy (non-hydrogen) atoms. The van der Waals surface area contributed by atoms with Gasteiger partial charge in [0, 0.05) is 6.54 Å². The molecule has 2 aromatic rings. The van der Waals surface area contributed by atoms with E-state index >= 15 is 0 Å². The summed E-state index contributed by atoms with van der Waals surface area (Å²) >= 11 is 0. The van der Waals surface area contributed by atoms with E-state index in [9.17, 15) is 19.5 Å². The molecule has 148 valence electrons. The predicted octanol–water partition coefficient (Wildman–Crippen LogP) is 1.62. The van der Waals surface area contributed by atoms with Crippen LogP contribution in [0.15, 0.2) is 54.6 Å². The molecule has 0 radical (unpaired) electrons. The Morgan fingerprint density at radius 1 is 0.964 bits per heavy atom. The lowest BCUT2D eigenvalue weighted by Crippen LogP contribution is -2.49. The Morgan fingerprint density at radius 3 is 2.18 bits per heavy atom. The zero-order chi connectivity index (χ0) is 20.5. The van der Waals surface area contributed by atoms with E-state index in [1.807, 2.05) is 44.2 Å². The van der Waals surface area contributed by atoms with Crippen molar-refractivity contribution in [2.24, 2.45) is 5.92 Å². The van der Waals surface area contributed by atoms with Crippen molar-refractivity contribution in [2.75, 3.05) is 0 Å². The number of amides is 2. The number of nitrogens with one attached hydrogen (secondary N) is 2. The lowest BCUT2D eigenvalue weighted by molar-refractivity contribution is -0.255. The van der Waals surface area contributed by atoms with Crippen LogP contribution in [0.3, 0.4) is 0 Å². The predicted molar refractivity (Wildman–Crippen MR) is 101 cm³/mol. The van der Waals surface area contributed by atoms with Gasteiger partial charge in [0.1, 0.15) is 12.6 Å². The van der Waals surface area contributed by atoms with E-state index in [1.165, 1.54) is 12.1 Å². The summed E-state index contributed by atoms with van der Waals surface area (Å²) < 4.78 is 5.17. The van der Waals surface area contributed by atoms with Gasteiger partial charge in [0.15, 0.2) is 0 Å². The van der Waals surface area contributed by atoms with Gasteiger partial charge in [0.25, 0.3) is 0 Å². The first-order valence-corrected chi connectivity index (χ1v) is 8.92. The molecule has 1 atom stereocenters. The molecule has 2 amide bonds. The quantitative estimate of drug-likeness (QED) is 0.720. The minimum Gasteiger partial charge on any atom is -0.545 e. The van der Waals surface area contributed by atoms with Crippen LogP contribution in [0.25, 0.3) is 0 Å². The highest BCUT2D eigenvalue weighted by molar-refractivity contribution is 5.86. The number of carboxylic acid groups (broad SMARTS) is 1. The number of carboxylic acids is 1. The smallest absolute Gasteiger partial charge is 0.408 e. The van der Waals surface area contributed by atoms with Gasteiger partial charge in [-0.15, -0.1) is 0 Å². The Morgan fingerprint density at radius 2 is 1.61 bits per heavy atom. The molecule has 0 fully saturated rings. The molecule has 0 heterocycles. The maximum Gasteiger partial charge on any atom is 0.408 e. The number of hydrogen-bond donors (Lipinski definition) is 2. The molecular weight excluding hydrogens is 360 g/mol. The standard InChI is InChI=1S/C21H24N2O5/c1-14(2)18(23-21(27)28-13-16-6-4-3-5-7-16)19(24)22-12-15-8-10-17(11-9-15)20(25)26/h3-11,14,18H,12-13H2,1-2H3,(H,22,24)(H,23,27)(H,25,26)/p-1/t18-/m1/s1. The van der Waals surface area contributed by atoms with E-state index in [2.05, 4.69) is 10.6 Å². The minimum absolute atomic E-state index is 0.0676. The van der Waals surface area contributed by atoms with Crippen LogP contribution in [0.5, 0.6) is 0 Å². The highest BCUT2D eigenvalue weighted by Crippen LogP contribution is 2.07. The number of carbonyl (C=O) groups excluding carboxylic acids is 3. The molecule has 7 nitrogen and oxygen atoms in total. The van der Waals surface area contributed by atoms with Crippen LogP contribution in [0.1, 0.15) is 35.3 Å². The minimum atomic E-state index is -1.26. The van der Waals surface area contributed by atoms with Crippen molar-refractivity contribution in [1.82, 2.24) is 10.6 Å². The SMILES string of the molecule is CC(C)[C@@H](NC(=O)OCc1ccccc1)C(=O)NCc1ccc(C(=O)[O-])cc1. The number of carbonyl (C=O) groups is 3. The monoisotopic (exact) mass is 383 g/mol. The van der Waals surface area contributed by atoms with Gasteiger partial charge in [-0.25, -0.2) is 4.79 Å². The van der Waals surface area contributed by atoms with E-state index < -0.39 is 18.1 Å². The summed E-state index contributed by atoms with van der Waals surface area (Å²) in [5, 5.41) is 16.1. The summed E-state index contributed by atoms with van der Waals surface area (Å²) in [6.45, 7) is 3.95. The van der Waals surface area contributed by atoms with Gasteiger partial charge in [-0.2, -0.15) is 0 Å².